The minimum absolute atomic E-state index is 0.109. The number of allylic oxidation sites excluding steroid dienone is 8. The molecule has 0 aliphatic heterocycles. The number of rotatable bonds is 1. The molecule has 0 N–H and O–H groups in total. The number of halogens is 2. The van der Waals surface area contributed by atoms with Crippen molar-refractivity contribution in [3.05, 3.63) is 47.1 Å². The molecule has 2 aliphatic rings. The molecule has 3 atom stereocenters. The van der Waals surface area contributed by atoms with Crippen molar-refractivity contribution in [1.29, 1.82) is 0 Å². The smallest absolute Gasteiger partial charge is 0.107 e. The third-order valence-electron chi connectivity index (χ3n) is 4.32. The maximum Gasteiger partial charge on any atom is 0.107 e. The first-order valence-corrected chi connectivity index (χ1v) is 6.43. The van der Waals surface area contributed by atoms with Gasteiger partial charge in [0.15, 0.2) is 0 Å². The lowest BCUT2D eigenvalue weighted by molar-refractivity contribution is 0.165. The van der Waals surface area contributed by atoms with Crippen molar-refractivity contribution in [3.8, 4) is 0 Å². The van der Waals surface area contributed by atoms with Gasteiger partial charge in [-0.15, -0.1) is 0 Å². The highest BCUT2D eigenvalue weighted by Gasteiger charge is 2.45. The van der Waals surface area contributed by atoms with Crippen LogP contribution in [0.3, 0.4) is 0 Å². The largest absolute Gasteiger partial charge is 0.212 e. The third-order valence-corrected chi connectivity index (χ3v) is 4.32. The van der Waals surface area contributed by atoms with Crippen LogP contribution in [0.4, 0.5) is 8.78 Å². The van der Waals surface area contributed by atoms with Crippen LogP contribution in [0.2, 0.25) is 0 Å². The molecule has 0 heterocycles. The van der Waals surface area contributed by atoms with Crippen LogP contribution in [0.15, 0.2) is 47.1 Å². The van der Waals surface area contributed by atoms with E-state index < -0.39 is 5.41 Å². The van der Waals surface area contributed by atoms with E-state index in [2.05, 4.69) is 0 Å². The number of hydrogen-bond acceptors (Lipinski definition) is 0. The predicted molar refractivity (Wildman–Crippen MR) is 71.3 cm³/mol. The fraction of sp³-hybridized carbons (Fsp3) is 0.500. The Balaban J connectivity index is 2.43. The number of hydrogen-bond donors (Lipinski definition) is 0. The Morgan fingerprint density at radius 1 is 1.11 bits per heavy atom. The molecular formula is C16H20F2. The fourth-order valence-corrected chi connectivity index (χ4v) is 3.46. The van der Waals surface area contributed by atoms with Crippen LogP contribution in [0.25, 0.3) is 0 Å². The maximum absolute atomic E-state index is 14.3. The summed E-state index contributed by atoms with van der Waals surface area (Å²) in [5.41, 5.74) is 1.59. The highest BCUT2D eigenvalue weighted by atomic mass is 19.1. The van der Waals surface area contributed by atoms with Crippen LogP contribution in [-0.2, 0) is 0 Å². The molecule has 0 spiro atoms. The SMILES string of the molecule is CC1=CC=C(F)[C@](C)(C2C(C)=CC=C(F)C2C)C1. The molecule has 0 aromatic heterocycles. The van der Waals surface area contributed by atoms with Crippen molar-refractivity contribution >= 4 is 0 Å². The topological polar surface area (TPSA) is 0 Å². The van der Waals surface area contributed by atoms with E-state index in [-0.39, 0.29) is 23.5 Å². The third kappa shape index (κ3) is 1.98. The molecular weight excluding hydrogens is 230 g/mol. The van der Waals surface area contributed by atoms with E-state index in [0.29, 0.717) is 6.42 Å². The molecule has 0 nitrogen and oxygen atoms in total. The van der Waals surface area contributed by atoms with E-state index in [9.17, 15) is 8.78 Å². The van der Waals surface area contributed by atoms with Crippen LogP contribution in [-0.4, -0.2) is 0 Å². The van der Waals surface area contributed by atoms with Crippen molar-refractivity contribution < 1.29 is 8.78 Å². The standard InChI is InChI=1S/C16H20F2/c1-10-5-8-14(18)16(4,9-10)15-11(2)6-7-13(17)12(15)3/h5-8,12,15H,9H2,1-4H3/t12?,15?,16-/m1/s1. The fourth-order valence-electron chi connectivity index (χ4n) is 3.46. The second kappa shape index (κ2) is 4.49. The minimum atomic E-state index is -0.621. The summed E-state index contributed by atoms with van der Waals surface area (Å²) in [4.78, 5) is 0. The first-order valence-electron chi connectivity index (χ1n) is 6.43. The van der Waals surface area contributed by atoms with Crippen molar-refractivity contribution in [1.82, 2.24) is 0 Å². The Hall–Kier alpha value is -1.18. The normalized spacial score (nSPS) is 36.6. The molecule has 2 heteroatoms. The summed E-state index contributed by atoms with van der Waals surface area (Å²) in [5, 5.41) is 0. The lowest BCUT2D eigenvalue weighted by Crippen LogP contribution is -2.36. The van der Waals surface area contributed by atoms with Gasteiger partial charge in [-0.25, -0.2) is 8.78 Å². The van der Waals surface area contributed by atoms with Gasteiger partial charge in [0.1, 0.15) is 11.7 Å². The second-order valence-corrected chi connectivity index (χ2v) is 5.85. The molecule has 0 aromatic carbocycles. The summed E-state index contributed by atoms with van der Waals surface area (Å²) in [6.07, 6.45) is 7.30. The van der Waals surface area contributed by atoms with E-state index in [1.54, 1.807) is 6.08 Å². The van der Waals surface area contributed by atoms with Gasteiger partial charge in [0.05, 0.1) is 0 Å². The van der Waals surface area contributed by atoms with Gasteiger partial charge in [-0.2, -0.15) is 0 Å². The van der Waals surface area contributed by atoms with E-state index in [1.165, 1.54) is 12.2 Å². The van der Waals surface area contributed by atoms with Crippen LogP contribution < -0.4 is 0 Å². The Labute approximate surface area is 108 Å². The molecule has 0 saturated heterocycles. The molecule has 0 fully saturated rings. The highest BCUT2D eigenvalue weighted by Crippen LogP contribution is 2.52. The van der Waals surface area contributed by atoms with E-state index in [4.69, 9.17) is 0 Å². The summed E-state index contributed by atoms with van der Waals surface area (Å²) in [6.45, 7) is 7.72. The lowest BCUT2D eigenvalue weighted by Gasteiger charge is -2.43. The van der Waals surface area contributed by atoms with Gasteiger partial charge >= 0.3 is 0 Å². The maximum atomic E-state index is 14.3. The minimum Gasteiger partial charge on any atom is -0.212 e. The van der Waals surface area contributed by atoms with Gasteiger partial charge in [-0.3, -0.25) is 0 Å². The zero-order valence-electron chi connectivity index (χ0n) is 11.4. The average Bonchev–Trinajstić information content (AvgIpc) is 2.30. The molecule has 0 aromatic rings. The van der Waals surface area contributed by atoms with Gasteiger partial charge in [0, 0.05) is 17.3 Å². The molecule has 18 heavy (non-hydrogen) atoms. The zero-order chi connectivity index (χ0) is 13.5. The quantitative estimate of drug-likeness (QED) is 0.595. The predicted octanol–water partition coefficient (Wildman–Crippen LogP) is 5.26. The van der Waals surface area contributed by atoms with Gasteiger partial charge in [-0.05, 0) is 32.4 Å². The average molecular weight is 250 g/mol. The van der Waals surface area contributed by atoms with Crippen molar-refractivity contribution in [3.63, 3.8) is 0 Å². The van der Waals surface area contributed by atoms with E-state index in [1.807, 2.05) is 33.8 Å². The molecule has 0 amide bonds. The van der Waals surface area contributed by atoms with Gasteiger partial charge < -0.3 is 0 Å². The highest BCUT2D eigenvalue weighted by molar-refractivity contribution is 5.34. The first-order chi connectivity index (χ1) is 8.36. The van der Waals surface area contributed by atoms with Crippen molar-refractivity contribution in [2.24, 2.45) is 17.3 Å². The van der Waals surface area contributed by atoms with Crippen LogP contribution in [0, 0.1) is 17.3 Å². The summed E-state index contributed by atoms with van der Waals surface area (Å²) in [7, 11) is 0. The molecule has 2 rings (SSSR count). The van der Waals surface area contributed by atoms with Crippen LogP contribution >= 0.6 is 0 Å². The summed E-state index contributed by atoms with van der Waals surface area (Å²) >= 11 is 0. The van der Waals surface area contributed by atoms with Crippen molar-refractivity contribution in [2.75, 3.05) is 0 Å². The Bertz CT molecular complexity index is 479. The Kier molecular flexibility index (Phi) is 3.31. The van der Waals surface area contributed by atoms with Crippen molar-refractivity contribution in [2.45, 2.75) is 34.1 Å². The monoisotopic (exact) mass is 250 g/mol. The van der Waals surface area contributed by atoms with Gasteiger partial charge in [0.2, 0.25) is 0 Å². The zero-order valence-corrected chi connectivity index (χ0v) is 11.4. The van der Waals surface area contributed by atoms with E-state index >= 15 is 0 Å². The van der Waals surface area contributed by atoms with Gasteiger partial charge in [-0.1, -0.05) is 37.1 Å². The molecule has 0 radical (unpaired) electrons. The van der Waals surface area contributed by atoms with E-state index in [0.717, 1.165) is 11.1 Å². The lowest BCUT2D eigenvalue weighted by atomic mass is 9.61. The molecule has 2 unspecified atom stereocenters. The van der Waals surface area contributed by atoms with Crippen LogP contribution in [0.5, 0.6) is 0 Å². The van der Waals surface area contributed by atoms with Crippen LogP contribution in [0.1, 0.15) is 34.1 Å². The molecule has 2 aliphatic carbocycles. The van der Waals surface area contributed by atoms with Gasteiger partial charge in [0.25, 0.3) is 0 Å². The Morgan fingerprint density at radius 2 is 1.78 bits per heavy atom. The second-order valence-electron chi connectivity index (χ2n) is 5.85. The summed E-state index contributed by atoms with van der Waals surface area (Å²) in [6, 6.07) is 0. The first kappa shape index (κ1) is 13.3. The molecule has 0 bridgehead atoms. The summed E-state index contributed by atoms with van der Waals surface area (Å²) in [5.74, 6) is -0.647. The molecule has 0 saturated carbocycles. The molecule has 98 valence electrons. The summed E-state index contributed by atoms with van der Waals surface area (Å²) < 4.78 is 28.1. The Morgan fingerprint density at radius 3 is 2.44 bits per heavy atom.